The van der Waals surface area contributed by atoms with Crippen LogP contribution < -0.4 is 20.7 Å². The number of nitrogens with zero attached hydrogens (tertiary/aromatic N) is 1. The van der Waals surface area contributed by atoms with E-state index >= 15 is 0 Å². The second-order valence-corrected chi connectivity index (χ2v) is 5.74. The molecule has 0 bridgehead atoms. The Morgan fingerprint density at radius 2 is 1.74 bits per heavy atom. The van der Waals surface area contributed by atoms with Crippen LogP contribution in [-0.4, -0.2) is 45.2 Å². The number of aliphatic imine (C=N–C) groups is 1. The number of carbonyl (C=O) groups is 1. The van der Waals surface area contributed by atoms with Gasteiger partial charge in [0.25, 0.3) is 0 Å². The number of hydrogen-bond acceptors (Lipinski definition) is 3. The Bertz CT molecular complexity index is 738. The minimum Gasteiger partial charge on any atom is -0.492 e. The minimum atomic E-state index is -0.340. The molecule has 0 aliphatic heterocycles. The minimum absolute atomic E-state index is 0.151. The lowest BCUT2D eigenvalue weighted by Gasteiger charge is -2.13. The Labute approximate surface area is 158 Å². The van der Waals surface area contributed by atoms with Crippen LogP contribution >= 0.6 is 0 Å². The van der Waals surface area contributed by atoms with Gasteiger partial charge in [0.1, 0.15) is 18.2 Å². The van der Waals surface area contributed by atoms with E-state index in [-0.39, 0.29) is 18.1 Å². The van der Waals surface area contributed by atoms with Crippen molar-refractivity contribution in [3.05, 3.63) is 66.0 Å². The molecule has 1 amide bonds. The summed E-state index contributed by atoms with van der Waals surface area (Å²) < 4.78 is 18.7. The molecule has 2 aromatic carbocycles. The number of amides is 1. The molecule has 144 valence electrons. The van der Waals surface area contributed by atoms with Gasteiger partial charge in [0, 0.05) is 20.1 Å². The number of halogens is 1. The molecule has 3 N–H and O–H groups in total. The number of para-hydroxylation sites is 1. The van der Waals surface area contributed by atoms with Crippen LogP contribution in [0.25, 0.3) is 0 Å². The molecule has 0 aliphatic carbocycles. The first kappa shape index (κ1) is 20.2. The quantitative estimate of drug-likeness (QED) is 0.356. The standard InChI is InChI=1S/C20H25FN4O2/c1-22-20(25-12-13-27-18-8-3-2-4-9-18)24-11-10-23-19(26)15-16-6-5-7-17(21)14-16/h2-9,14H,10-13,15H2,1H3,(H,23,26)(H2,22,24,25). The van der Waals surface area contributed by atoms with E-state index in [1.54, 1.807) is 19.2 Å². The summed E-state index contributed by atoms with van der Waals surface area (Å²) in [5, 5.41) is 9.03. The van der Waals surface area contributed by atoms with Crippen LogP contribution in [0.5, 0.6) is 5.75 Å². The lowest BCUT2D eigenvalue weighted by molar-refractivity contribution is -0.120. The van der Waals surface area contributed by atoms with Crippen LogP contribution in [0.2, 0.25) is 0 Å². The van der Waals surface area contributed by atoms with Gasteiger partial charge in [-0.3, -0.25) is 9.79 Å². The maximum Gasteiger partial charge on any atom is 0.224 e. The summed E-state index contributed by atoms with van der Waals surface area (Å²) in [4.78, 5) is 16.0. The maximum absolute atomic E-state index is 13.1. The predicted octanol–water partition coefficient (Wildman–Crippen LogP) is 1.73. The topological polar surface area (TPSA) is 74.8 Å². The summed E-state index contributed by atoms with van der Waals surface area (Å²) in [6.07, 6.45) is 0.154. The third-order valence-corrected chi connectivity index (χ3v) is 3.62. The molecular weight excluding hydrogens is 347 g/mol. The zero-order valence-corrected chi connectivity index (χ0v) is 15.4. The molecule has 2 aromatic rings. The lowest BCUT2D eigenvalue weighted by atomic mass is 10.1. The number of nitrogens with one attached hydrogen (secondary N) is 3. The van der Waals surface area contributed by atoms with Crippen LogP contribution in [0.3, 0.4) is 0 Å². The molecule has 0 spiro atoms. The van der Waals surface area contributed by atoms with E-state index < -0.39 is 0 Å². The second kappa shape index (κ2) is 11.5. The zero-order chi connectivity index (χ0) is 19.3. The summed E-state index contributed by atoms with van der Waals surface area (Å²) in [6, 6.07) is 15.6. The smallest absolute Gasteiger partial charge is 0.224 e. The molecule has 2 rings (SSSR count). The van der Waals surface area contributed by atoms with Crippen molar-refractivity contribution in [3.63, 3.8) is 0 Å². The Balaban J connectivity index is 1.57. The Morgan fingerprint density at radius 3 is 2.48 bits per heavy atom. The van der Waals surface area contributed by atoms with Crippen molar-refractivity contribution >= 4 is 11.9 Å². The van der Waals surface area contributed by atoms with Gasteiger partial charge in [0.15, 0.2) is 5.96 Å². The molecule has 0 fully saturated rings. The Kier molecular flexibility index (Phi) is 8.62. The van der Waals surface area contributed by atoms with Gasteiger partial charge in [-0.25, -0.2) is 4.39 Å². The van der Waals surface area contributed by atoms with E-state index in [1.165, 1.54) is 12.1 Å². The van der Waals surface area contributed by atoms with Crippen LogP contribution in [0.4, 0.5) is 4.39 Å². The van der Waals surface area contributed by atoms with Crippen LogP contribution in [0, 0.1) is 5.82 Å². The SMILES string of the molecule is CN=C(NCCNC(=O)Cc1cccc(F)c1)NCCOc1ccccc1. The third kappa shape index (κ3) is 8.22. The Hall–Kier alpha value is -3.09. The van der Waals surface area contributed by atoms with Crippen LogP contribution in [0.15, 0.2) is 59.6 Å². The fraction of sp³-hybridized carbons (Fsp3) is 0.300. The summed E-state index contributed by atoms with van der Waals surface area (Å²) in [6.45, 7) is 2.07. The van der Waals surface area contributed by atoms with Gasteiger partial charge >= 0.3 is 0 Å². The normalized spacial score (nSPS) is 11.0. The Morgan fingerprint density at radius 1 is 1.00 bits per heavy atom. The summed E-state index contributed by atoms with van der Waals surface area (Å²) in [7, 11) is 1.68. The molecule has 7 heteroatoms. The molecule has 0 saturated heterocycles. The fourth-order valence-corrected chi connectivity index (χ4v) is 2.35. The summed E-state index contributed by atoms with van der Waals surface area (Å²) in [5.74, 6) is 0.962. The van der Waals surface area contributed by atoms with Gasteiger partial charge in [0.2, 0.25) is 5.91 Å². The van der Waals surface area contributed by atoms with E-state index in [9.17, 15) is 9.18 Å². The molecule has 6 nitrogen and oxygen atoms in total. The van der Waals surface area contributed by atoms with Crippen LogP contribution in [0.1, 0.15) is 5.56 Å². The van der Waals surface area contributed by atoms with Crippen molar-refractivity contribution in [2.45, 2.75) is 6.42 Å². The van der Waals surface area contributed by atoms with Crippen molar-refractivity contribution in [1.82, 2.24) is 16.0 Å². The van der Waals surface area contributed by atoms with Crippen molar-refractivity contribution in [1.29, 1.82) is 0 Å². The average molecular weight is 372 g/mol. The molecule has 0 aliphatic rings. The first-order valence-corrected chi connectivity index (χ1v) is 8.81. The maximum atomic E-state index is 13.1. The molecule has 27 heavy (non-hydrogen) atoms. The van der Waals surface area contributed by atoms with Gasteiger partial charge in [0.05, 0.1) is 13.0 Å². The monoisotopic (exact) mass is 372 g/mol. The number of rotatable bonds is 9. The van der Waals surface area contributed by atoms with Crippen LogP contribution in [-0.2, 0) is 11.2 Å². The van der Waals surface area contributed by atoms with Crippen molar-refractivity contribution in [2.24, 2.45) is 4.99 Å². The molecule has 0 atom stereocenters. The molecule has 0 unspecified atom stereocenters. The highest BCUT2D eigenvalue weighted by atomic mass is 19.1. The highest BCUT2D eigenvalue weighted by molar-refractivity contribution is 5.80. The molecule has 0 saturated carbocycles. The van der Waals surface area contributed by atoms with Gasteiger partial charge < -0.3 is 20.7 Å². The summed E-state index contributed by atoms with van der Waals surface area (Å²) in [5.41, 5.74) is 0.649. The number of benzene rings is 2. The molecule has 0 heterocycles. The number of guanidine groups is 1. The second-order valence-electron chi connectivity index (χ2n) is 5.74. The van der Waals surface area contributed by atoms with Crippen molar-refractivity contribution in [3.8, 4) is 5.75 Å². The summed E-state index contributed by atoms with van der Waals surface area (Å²) >= 11 is 0. The van der Waals surface area contributed by atoms with Gasteiger partial charge in [-0.1, -0.05) is 30.3 Å². The van der Waals surface area contributed by atoms with E-state index in [2.05, 4.69) is 20.9 Å². The first-order chi connectivity index (χ1) is 13.2. The number of carbonyl (C=O) groups excluding carboxylic acids is 1. The lowest BCUT2D eigenvalue weighted by Crippen LogP contribution is -2.42. The van der Waals surface area contributed by atoms with Crippen molar-refractivity contribution < 1.29 is 13.9 Å². The number of hydrogen-bond donors (Lipinski definition) is 3. The highest BCUT2D eigenvalue weighted by Gasteiger charge is 2.04. The molecule has 0 radical (unpaired) electrons. The van der Waals surface area contributed by atoms with E-state index in [0.29, 0.717) is 37.8 Å². The van der Waals surface area contributed by atoms with Crippen molar-refractivity contribution in [2.75, 3.05) is 33.3 Å². The zero-order valence-electron chi connectivity index (χ0n) is 15.4. The predicted molar refractivity (Wildman–Crippen MR) is 104 cm³/mol. The van der Waals surface area contributed by atoms with E-state index in [1.807, 2.05) is 30.3 Å². The largest absolute Gasteiger partial charge is 0.492 e. The molecule has 0 aromatic heterocycles. The number of ether oxygens (including phenoxy) is 1. The van der Waals surface area contributed by atoms with Gasteiger partial charge in [-0.15, -0.1) is 0 Å². The van der Waals surface area contributed by atoms with Gasteiger partial charge in [-0.2, -0.15) is 0 Å². The highest BCUT2D eigenvalue weighted by Crippen LogP contribution is 2.07. The average Bonchev–Trinajstić information content (AvgIpc) is 2.67. The van der Waals surface area contributed by atoms with E-state index in [0.717, 1.165) is 5.75 Å². The van der Waals surface area contributed by atoms with Gasteiger partial charge in [-0.05, 0) is 29.8 Å². The van der Waals surface area contributed by atoms with E-state index in [4.69, 9.17) is 4.74 Å². The first-order valence-electron chi connectivity index (χ1n) is 8.81. The molecular formula is C20H25FN4O2. The third-order valence-electron chi connectivity index (χ3n) is 3.62. The fourth-order valence-electron chi connectivity index (χ4n) is 2.35.